The molecule has 0 spiro atoms. The molecule has 2 saturated heterocycles. The fraction of sp³-hybridized carbons (Fsp3) is 0.538. The molecule has 19 heavy (non-hydrogen) atoms. The Morgan fingerprint density at radius 3 is 2.21 bits per heavy atom. The van der Waals surface area contributed by atoms with E-state index in [0.717, 1.165) is 45.0 Å². The van der Waals surface area contributed by atoms with Crippen molar-refractivity contribution < 1.29 is 4.92 Å². The number of nitrogens with zero attached hydrogens (tertiary/aromatic N) is 3. The normalized spacial score (nSPS) is 21.2. The number of piperazine rings is 1. The smallest absolute Gasteiger partial charge is 0.269 e. The molecular weight excluding hydrogens is 244 g/mol. The van der Waals surface area contributed by atoms with Crippen molar-refractivity contribution in [1.82, 2.24) is 10.2 Å². The molecule has 6 nitrogen and oxygen atoms in total. The molecule has 0 aromatic heterocycles. The second-order valence-corrected chi connectivity index (χ2v) is 5.11. The average molecular weight is 262 g/mol. The first kappa shape index (κ1) is 12.4. The van der Waals surface area contributed by atoms with E-state index in [9.17, 15) is 10.1 Å². The first-order valence-corrected chi connectivity index (χ1v) is 6.68. The van der Waals surface area contributed by atoms with Crippen LogP contribution in [0, 0.1) is 10.1 Å². The zero-order valence-corrected chi connectivity index (χ0v) is 10.8. The minimum absolute atomic E-state index is 0.155. The second-order valence-electron chi connectivity index (χ2n) is 5.11. The molecule has 0 saturated carbocycles. The number of benzene rings is 1. The van der Waals surface area contributed by atoms with Crippen molar-refractivity contribution in [2.75, 3.05) is 44.2 Å². The highest BCUT2D eigenvalue weighted by Crippen LogP contribution is 2.21. The number of nitro benzene ring substituents is 1. The molecule has 0 bridgehead atoms. The van der Waals surface area contributed by atoms with E-state index in [-0.39, 0.29) is 10.6 Å². The minimum atomic E-state index is -0.356. The molecule has 0 atom stereocenters. The lowest BCUT2D eigenvalue weighted by Gasteiger charge is -2.43. The number of nitro groups is 1. The van der Waals surface area contributed by atoms with Crippen LogP contribution in [0.4, 0.5) is 11.4 Å². The topological polar surface area (TPSA) is 61.7 Å². The average Bonchev–Trinajstić information content (AvgIpc) is 2.38. The van der Waals surface area contributed by atoms with E-state index in [4.69, 9.17) is 0 Å². The van der Waals surface area contributed by atoms with Gasteiger partial charge in [0.2, 0.25) is 0 Å². The van der Waals surface area contributed by atoms with Gasteiger partial charge in [-0.05, 0) is 12.1 Å². The summed E-state index contributed by atoms with van der Waals surface area (Å²) in [6.07, 6.45) is 0. The van der Waals surface area contributed by atoms with Gasteiger partial charge in [0.15, 0.2) is 0 Å². The lowest BCUT2D eigenvalue weighted by Crippen LogP contribution is -2.61. The van der Waals surface area contributed by atoms with Crippen LogP contribution < -0.4 is 10.2 Å². The Balaban J connectivity index is 1.59. The summed E-state index contributed by atoms with van der Waals surface area (Å²) in [5, 5.41) is 13.9. The number of non-ortho nitro benzene ring substituents is 1. The van der Waals surface area contributed by atoms with Crippen LogP contribution in [0.25, 0.3) is 0 Å². The molecule has 0 radical (unpaired) electrons. The third-order valence-electron chi connectivity index (χ3n) is 4.02. The predicted octanol–water partition coefficient (Wildman–Crippen LogP) is 0.689. The molecule has 3 rings (SSSR count). The van der Waals surface area contributed by atoms with Gasteiger partial charge >= 0.3 is 0 Å². The van der Waals surface area contributed by atoms with E-state index in [0.29, 0.717) is 6.04 Å². The number of hydrogen-bond acceptors (Lipinski definition) is 5. The van der Waals surface area contributed by atoms with Crippen LogP contribution in [0.15, 0.2) is 24.3 Å². The number of nitrogens with one attached hydrogen (secondary N) is 1. The van der Waals surface area contributed by atoms with Gasteiger partial charge in [0.1, 0.15) is 0 Å². The van der Waals surface area contributed by atoms with E-state index in [1.807, 2.05) is 12.1 Å². The Morgan fingerprint density at radius 1 is 1.11 bits per heavy atom. The highest BCUT2D eigenvalue weighted by molar-refractivity contribution is 5.51. The molecule has 1 aromatic carbocycles. The summed E-state index contributed by atoms with van der Waals surface area (Å²) < 4.78 is 0. The molecule has 102 valence electrons. The standard InChI is InChI=1S/C13H18N4O2/c18-17(19)12-3-1-11(2-4-12)15-5-7-16(8-6-15)13-9-14-10-13/h1-4,13-14H,5-10H2. The highest BCUT2D eigenvalue weighted by atomic mass is 16.6. The van der Waals surface area contributed by atoms with E-state index in [1.165, 1.54) is 0 Å². The maximum absolute atomic E-state index is 10.6. The first-order valence-electron chi connectivity index (χ1n) is 6.68. The summed E-state index contributed by atoms with van der Waals surface area (Å²) >= 11 is 0. The fourth-order valence-electron chi connectivity index (χ4n) is 2.66. The molecule has 0 unspecified atom stereocenters. The van der Waals surface area contributed by atoms with E-state index in [1.54, 1.807) is 12.1 Å². The maximum Gasteiger partial charge on any atom is 0.269 e. The zero-order valence-electron chi connectivity index (χ0n) is 10.8. The van der Waals surface area contributed by atoms with Gasteiger partial charge < -0.3 is 10.2 Å². The van der Waals surface area contributed by atoms with Gasteiger partial charge in [0.25, 0.3) is 5.69 Å². The molecule has 2 fully saturated rings. The SMILES string of the molecule is O=[N+]([O-])c1ccc(N2CCN(C3CNC3)CC2)cc1. The second kappa shape index (κ2) is 5.14. The van der Waals surface area contributed by atoms with Crippen LogP contribution in [0.1, 0.15) is 0 Å². The van der Waals surface area contributed by atoms with Gasteiger partial charge in [0, 0.05) is 63.1 Å². The third kappa shape index (κ3) is 2.54. The number of anilines is 1. The number of rotatable bonds is 3. The third-order valence-corrected chi connectivity index (χ3v) is 4.02. The van der Waals surface area contributed by atoms with Crippen molar-refractivity contribution in [3.8, 4) is 0 Å². The van der Waals surface area contributed by atoms with Gasteiger partial charge in [-0.15, -0.1) is 0 Å². The van der Waals surface area contributed by atoms with Crippen LogP contribution in [0.5, 0.6) is 0 Å². The van der Waals surface area contributed by atoms with Crippen molar-refractivity contribution >= 4 is 11.4 Å². The molecule has 2 aliphatic rings. The van der Waals surface area contributed by atoms with E-state index in [2.05, 4.69) is 15.1 Å². The maximum atomic E-state index is 10.6. The highest BCUT2D eigenvalue weighted by Gasteiger charge is 2.27. The van der Waals surface area contributed by atoms with Gasteiger partial charge in [-0.1, -0.05) is 0 Å². The van der Waals surface area contributed by atoms with Crippen LogP contribution in [-0.4, -0.2) is 55.1 Å². The largest absolute Gasteiger partial charge is 0.369 e. The van der Waals surface area contributed by atoms with Crippen molar-refractivity contribution in [1.29, 1.82) is 0 Å². The lowest BCUT2D eigenvalue weighted by atomic mass is 10.1. The summed E-state index contributed by atoms with van der Waals surface area (Å²) in [6, 6.07) is 7.56. The first-order chi connectivity index (χ1) is 9.24. The Labute approximate surface area is 112 Å². The van der Waals surface area contributed by atoms with Crippen LogP contribution in [0.3, 0.4) is 0 Å². The van der Waals surface area contributed by atoms with E-state index >= 15 is 0 Å². The van der Waals surface area contributed by atoms with Crippen LogP contribution in [0.2, 0.25) is 0 Å². The Kier molecular flexibility index (Phi) is 3.35. The Morgan fingerprint density at radius 2 is 1.74 bits per heavy atom. The number of hydrogen-bond donors (Lipinski definition) is 1. The molecular formula is C13H18N4O2. The Hall–Kier alpha value is -1.66. The van der Waals surface area contributed by atoms with Crippen molar-refractivity contribution in [2.24, 2.45) is 0 Å². The summed E-state index contributed by atoms with van der Waals surface area (Å²) in [4.78, 5) is 15.1. The van der Waals surface area contributed by atoms with E-state index < -0.39 is 0 Å². The minimum Gasteiger partial charge on any atom is -0.369 e. The molecule has 0 amide bonds. The zero-order chi connectivity index (χ0) is 13.2. The molecule has 2 aliphatic heterocycles. The monoisotopic (exact) mass is 262 g/mol. The molecule has 0 aliphatic carbocycles. The fourth-order valence-corrected chi connectivity index (χ4v) is 2.66. The molecule has 6 heteroatoms. The summed E-state index contributed by atoms with van der Waals surface area (Å²) in [6.45, 7) is 6.35. The van der Waals surface area contributed by atoms with Crippen molar-refractivity contribution in [3.63, 3.8) is 0 Å². The van der Waals surface area contributed by atoms with Gasteiger partial charge in [-0.3, -0.25) is 15.0 Å². The molecule has 1 aromatic rings. The summed E-state index contributed by atoms with van der Waals surface area (Å²) in [5.41, 5.74) is 1.24. The van der Waals surface area contributed by atoms with Crippen LogP contribution in [-0.2, 0) is 0 Å². The quantitative estimate of drug-likeness (QED) is 0.641. The van der Waals surface area contributed by atoms with Gasteiger partial charge in [0.05, 0.1) is 4.92 Å². The van der Waals surface area contributed by atoms with Gasteiger partial charge in [-0.25, -0.2) is 0 Å². The molecule has 1 N–H and O–H groups in total. The molecule has 2 heterocycles. The predicted molar refractivity (Wildman–Crippen MR) is 73.5 cm³/mol. The lowest BCUT2D eigenvalue weighted by molar-refractivity contribution is -0.384. The van der Waals surface area contributed by atoms with Crippen molar-refractivity contribution in [2.45, 2.75) is 6.04 Å². The Bertz CT molecular complexity index is 450. The summed E-state index contributed by atoms with van der Waals surface area (Å²) in [5.74, 6) is 0. The summed E-state index contributed by atoms with van der Waals surface area (Å²) in [7, 11) is 0. The van der Waals surface area contributed by atoms with Gasteiger partial charge in [-0.2, -0.15) is 0 Å². The van der Waals surface area contributed by atoms with Crippen molar-refractivity contribution in [3.05, 3.63) is 34.4 Å². The van der Waals surface area contributed by atoms with Crippen LogP contribution >= 0.6 is 0 Å².